The Kier molecular flexibility index (Phi) is 6.12. The average Bonchev–Trinajstić information content (AvgIpc) is 3.01. The normalized spacial score (nSPS) is 24.9. The molecule has 4 atom stereocenters. The number of ether oxygens (including phenoxy) is 1. The average molecular weight is 297 g/mol. The summed E-state index contributed by atoms with van der Waals surface area (Å²) >= 11 is 0. The highest BCUT2D eigenvalue weighted by Crippen LogP contribution is 2.42. The van der Waals surface area contributed by atoms with Crippen LogP contribution in [0.25, 0.3) is 0 Å². The van der Waals surface area contributed by atoms with Crippen LogP contribution < -0.4 is 0 Å². The highest BCUT2D eigenvalue weighted by atomic mass is 16.6. The Balaban J connectivity index is 2.71. The van der Waals surface area contributed by atoms with Gasteiger partial charge >= 0.3 is 6.09 Å². The van der Waals surface area contributed by atoms with E-state index >= 15 is 0 Å². The predicted octanol–water partition coefficient (Wildman–Crippen LogP) is 5.09. The molecule has 4 unspecified atom stereocenters. The molecule has 0 aliphatic carbocycles. The molecule has 1 aliphatic rings. The molecular weight excluding hydrogens is 262 g/mol. The molecule has 1 saturated heterocycles. The van der Waals surface area contributed by atoms with Crippen LogP contribution in [0.4, 0.5) is 4.79 Å². The highest BCUT2D eigenvalue weighted by Gasteiger charge is 2.54. The van der Waals surface area contributed by atoms with Crippen molar-refractivity contribution in [1.29, 1.82) is 0 Å². The standard InChI is InChI=1S/C18H35NO2/c1-9-10-13(4)16-15(11-14(5)12(2)3)19(16)17(20)21-18(6,7)8/h12-16H,9-11H2,1-8H3. The van der Waals surface area contributed by atoms with Crippen LogP contribution >= 0.6 is 0 Å². The summed E-state index contributed by atoms with van der Waals surface area (Å²) in [5, 5.41) is 0. The van der Waals surface area contributed by atoms with Crippen LogP contribution in [0.5, 0.6) is 0 Å². The molecule has 3 nitrogen and oxygen atoms in total. The molecule has 0 aromatic rings. The van der Waals surface area contributed by atoms with Crippen LogP contribution in [-0.2, 0) is 4.74 Å². The largest absolute Gasteiger partial charge is 0.444 e. The summed E-state index contributed by atoms with van der Waals surface area (Å²) in [6, 6.07) is 0.750. The van der Waals surface area contributed by atoms with Gasteiger partial charge in [-0.1, -0.05) is 41.0 Å². The van der Waals surface area contributed by atoms with Crippen molar-refractivity contribution in [2.24, 2.45) is 17.8 Å². The lowest BCUT2D eigenvalue weighted by atomic mass is 9.90. The summed E-state index contributed by atoms with van der Waals surface area (Å²) in [4.78, 5) is 14.4. The van der Waals surface area contributed by atoms with Crippen LogP contribution in [0.2, 0.25) is 0 Å². The second-order valence-electron chi connectivity index (χ2n) is 8.17. The topological polar surface area (TPSA) is 29.3 Å². The maximum Gasteiger partial charge on any atom is 0.410 e. The van der Waals surface area contributed by atoms with Gasteiger partial charge in [0.25, 0.3) is 0 Å². The molecule has 1 rings (SSSR count). The van der Waals surface area contributed by atoms with Gasteiger partial charge in [0.15, 0.2) is 0 Å². The van der Waals surface area contributed by atoms with Crippen molar-refractivity contribution < 1.29 is 9.53 Å². The molecule has 0 aromatic heterocycles. The van der Waals surface area contributed by atoms with Crippen molar-refractivity contribution in [3.63, 3.8) is 0 Å². The molecular formula is C18H35NO2. The van der Waals surface area contributed by atoms with Gasteiger partial charge in [0.1, 0.15) is 5.60 Å². The fourth-order valence-electron chi connectivity index (χ4n) is 3.06. The van der Waals surface area contributed by atoms with Gasteiger partial charge in [0.05, 0.1) is 12.1 Å². The Labute approximate surface area is 131 Å². The van der Waals surface area contributed by atoms with Crippen LogP contribution in [-0.4, -0.2) is 28.7 Å². The summed E-state index contributed by atoms with van der Waals surface area (Å²) in [7, 11) is 0. The maximum absolute atomic E-state index is 12.4. The van der Waals surface area contributed by atoms with Crippen molar-refractivity contribution in [3.8, 4) is 0 Å². The summed E-state index contributed by atoms with van der Waals surface area (Å²) in [5.41, 5.74) is -0.410. The summed E-state index contributed by atoms with van der Waals surface area (Å²) in [6.45, 7) is 17.1. The number of rotatable bonds is 6. The zero-order valence-electron chi connectivity index (χ0n) is 15.3. The molecule has 0 N–H and O–H groups in total. The minimum Gasteiger partial charge on any atom is -0.444 e. The van der Waals surface area contributed by atoms with Gasteiger partial charge in [-0.05, 0) is 51.4 Å². The molecule has 1 fully saturated rings. The Morgan fingerprint density at radius 3 is 2.19 bits per heavy atom. The van der Waals surface area contributed by atoms with E-state index in [9.17, 15) is 4.79 Å². The molecule has 3 heteroatoms. The molecule has 0 bridgehead atoms. The highest BCUT2D eigenvalue weighted by molar-refractivity contribution is 5.72. The SMILES string of the molecule is CCCC(C)C1C(CC(C)C(C)C)N1C(=O)OC(C)(C)C. The van der Waals surface area contributed by atoms with Gasteiger partial charge in [-0.15, -0.1) is 0 Å². The van der Waals surface area contributed by atoms with Crippen LogP contribution in [0.1, 0.15) is 74.7 Å². The van der Waals surface area contributed by atoms with Crippen molar-refractivity contribution in [2.45, 2.75) is 92.3 Å². The Morgan fingerprint density at radius 2 is 1.76 bits per heavy atom. The van der Waals surface area contributed by atoms with Gasteiger partial charge in [-0.3, -0.25) is 4.90 Å². The smallest absolute Gasteiger partial charge is 0.410 e. The van der Waals surface area contributed by atoms with Gasteiger partial charge in [0.2, 0.25) is 0 Å². The molecule has 21 heavy (non-hydrogen) atoms. The fraction of sp³-hybridized carbons (Fsp3) is 0.944. The molecule has 0 saturated carbocycles. The number of nitrogens with zero attached hydrogens (tertiary/aromatic N) is 1. The van der Waals surface area contributed by atoms with E-state index in [-0.39, 0.29) is 6.09 Å². The van der Waals surface area contributed by atoms with E-state index in [0.29, 0.717) is 29.8 Å². The van der Waals surface area contributed by atoms with Gasteiger partial charge in [-0.25, -0.2) is 4.79 Å². The molecule has 1 amide bonds. The second-order valence-corrected chi connectivity index (χ2v) is 8.17. The number of carbonyl (C=O) groups is 1. The lowest BCUT2D eigenvalue weighted by Gasteiger charge is -2.21. The van der Waals surface area contributed by atoms with E-state index in [0.717, 1.165) is 6.42 Å². The van der Waals surface area contributed by atoms with Crippen molar-refractivity contribution in [3.05, 3.63) is 0 Å². The third-order valence-corrected chi connectivity index (χ3v) is 4.67. The third-order valence-electron chi connectivity index (χ3n) is 4.67. The Morgan fingerprint density at radius 1 is 1.19 bits per heavy atom. The Hall–Kier alpha value is -0.730. The van der Waals surface area contributed by atoms with E-state index in [1.807, 2.05) is 25.7 Å². The van der Waals surface area contributed by atoms with E-state index in [4.69, 9.17) is 4.74 Å². The zero-order valence-corrected chi connectivity index (χ0v) is 15.3. The molecule has 0 spiro atoms. The first-order valence-electron chi connectivity index (χ1n) is 8.59. The maximum atomic E-state index is 12.4. The van der Waals surface area contributed by atoms with Gasteiger partial charge in [-0.2, -0.15) is 0 Å². The number of amides is 1. The van der Waals surface area contributed by atoms with Crippen LogP contribution in [0.3, 0.4) is 0 Å². The quantitative estimate of drug-likeness (QED) is 0.639. The first kappa shape index (κ1) is 18.3. The number of carbonyl (C=O) groups excluding carboxylic acids is 1. The minimum absolute atomic E-state index is 0.128. The summed E-state index contributed by atoms with van der Waals surface area (Å²) in [6.07, 6.45) is 3.31. The lowest BCUT2D eigenvalue weighted by Crippen LogP contribution is -2.29. The molecule has 1 aliphatic heterocycles. The molecule has 1 heterocycles. The monoisotopic (exact) mass is 297 g/mol. The first-order valence-corrected chi connectivity index (χ1v) is 8.59. The van der Waals surface area contributed by atoms with Crippen molar-refractivity contribution >= 4 is 6.09 Å². The number of hydrogen-bond acceptors (Lipinski definition) is 2. The lowest BCUT2D eigenvalue weighted by molar-refractivity contribution is 0.0380. The fourth-order valence-corrected chi connectivity index (χ4v) is 3.06. The molecule has 0 aromatic carbocycles. The Bertz CT molecular complexity index is 346. The second kappa shape index (κ2) is 7.02. The van der Waals surface area contributed by atoms with E-state index in [2.05, 4.69) is 34.6 Å². The third kappa shape index (κ3) is 5.19. The minimum atomic E-state index is -0.410. The molecule has 0 radical (unpaired) electrons. The van der Waals surface area contributed by atoms with Crippen LogP contribution in [0, 0.1) is 17.8 Å². The summed E-state index contributed by atoms with van der Waals surface area (Å²) < 4.78 is 5.58. The van der Waals surface area contributed by atoms with Gasteiger partial charge in [0, 0.05) is 0 Å². The van der Waals surface area contributed by atoms with E-state index < -0.39 is 5.60 Å². The summed E-state index contributed by atoms with van der Waals surface area (Å²) in [5.74, 6) is 1.86. The van der Waals surface area contributed by atoms with Crippen LogP contribution in [0.15, 0.2) is 0 Å². The van der Waals surface area contributed by atoms with Crippen molar-refractivity contribution in [1.82, 2.24) is 4.90 Å². The molecule has 124 valence electrons. The first-order chi connectivity index (χ1) is 9.58. The van der Waals surface area contributed by atoms with E-state index in [1.165, 1.54) is 12.8 Å². The van der Waals surface area contributed by atoms with E-state index in [1.54, 1.807) is 0 Å². The zero-order chi connectivity index (χ0) is 16.4. The predicted molar refractivity (Wildman–Crippen MR) is 88.3 cm³/mol. The van der Waals surface area contributed by atoms with Crippen molar-refractivity contribution in [2.75, 3.05) is 0 Å². The van der Waals surface area contributed by atoms with Gasteiger partial charge < -0.3 is 4.74 Å². The number of hydrogen-bond donors (Lipinski definition) is 0.